The topological polar surface area (TPSA) is 139 Å². The van der Waals surface area contributed by atoms with Gasteiger partial charge in [-0.1, -0.05) is 6.42 Å². The summed E-state index contributed by atoms with van der Waals surface area (Å²) in [5, 5.41) is 11.2. The molecule has 8 heteroatoms. The molecular weight excluding hydrogens is 288 g/mol. The lowest BCUT2D eigenvalue weighted by atomic mass is 10.1. The molecule has 2 amide bonds. The third-order valence-electron chi connectivity index (χ3n) is 3.85. The monoisotopic (exact) mass is 314 g/mol. The lowest BCUT2D eigenvalue weighted by Crippen LogP contribution is -2.53. The van der Waals surface area contributed by atoms with Gasteiger partial charge < -0.3 is 26.8 Å². The van der Waals surface area contributed by atoms with Gasteiger partial charge in [0.2, 0.25) is 11.8 Å². The first-order valence-electron chi connectivity index (χ1n) is 7.67. The molecule has 126 valence electrons. The van der Waals surface area contributed by atoms with E-state index < -0.39 is 30.0 Å². The van der Waals surface area contributed by atoms with Crippen molar-refractivity contribution in [3.8, 4) is 0 Å². The Morgan fingerprint density at radius 3 is 2.64 bits per heavy atom. The van der Waals surface area contributed by atoms with Gasteiger partial charge in [-0.05, 0) is 39.2 Å². The van der Waals surface area contributed by atoms with Gasteiger partial charge in [0.25, 0.3) is 0 Å². The van der Waals surface area contributed by atoms with Crippen molar-refractivity contribution in [2.75, 3.05) is 13.1 Å². The molecule has 8 nitrogen and oxygen atoms in total. The fourth-order valence-corrected chi connectivity index (χ4v) is 2.52. The van der Waals surface area contributed by atoms with Crippen molar-refractivity contribution in [3.05, 3.63) is 0 Å². The molecular formula is C14H26N4O4. The van der Waals surface area contributed by atoms with Crippen molar-refractivity contribution >= 4 is 17.8 Å². The van der Waals surface area contributed by atoms with Crippen LogP contribution in [0.1, 0.15) is 39.0 Å². The summed E-state index contributed by atoms with van der Waals surface area (Å²) in [6.45, 7) is 2.42. The number of nitrogens with two attached hydrogens (primary N) is 2. The Hall–Kier alpha value is -1.67. The molecule has 1 aliphatic heterocycles. The van der Waals surface area contributed by atoms with Gasteiger partial charge in [0.1, 0.15) is 12.1 Å². The first-order valence-corrected chi connectivity index (χ1v) is 7.67. The number of hydrogen-bond donors (Lipinski definition) is 4. The number of carboxylic acid groups (broad SMARTS) is 1. The van der Waals surface area contributed by atoms with E-state index in [0.717, 1.165) is 12.8 Å². The quantitative estimate of drug-likeness (QED) is 0.425. The van der Waals surface area contributed by atoms with E-state index in [1.54, 1.807) is 0 Å². The van der Waals surface area contributed by atoms with Crippen molar-refractivity contribution in [1.29, 1.82) is 0 Å². The summed E-state index contributed by atoms with van der Waals surface area (Å²) in [6.07, 6.45) is 3.35. The molecule has 0 aromatic rings. The Morgan fingerprint density at radius 2 is 2.05 bits per heavy atom. The summed E-state index contributed by atoms with van der Waals surface area (Å²) in [7, 11) is 0. The second kappa shape index (κ2) is 8.70. The van der Waals surface area contributed by atoms with Crippen molar-refractivity contribution in [2.45, 2.75) is 57.2 Å². The largest absolute Gasteiger partial charge is 0.480 e. The normalized spacial score (nSPS) is 20.5. The molecule has 22 heavy (non-hydrogen) atoms. The molecule has 0 radical (unpaired) electrons. The van der Waals surface area contributed by atoms with Gasteiger partial charge in [-0.3, -0.25) is 14.4 Å². The van der Waals surface area contributed by atoms with Crippen LogP contribution >= 0.6 is 0 Å². The van der Waals surface area contributed by atoms with Gasteiger partial charge in [-0.25, -0.2) is 0 Å². The second-order valence-electron chi connectivity index (χ2n) is 5.65. The minimum atomic E-state index is -1.11. The van der Waals surface area contributed by atoms with E-state index >= 15 is 0 Å². The molecule has 1 fully saturated rings. The van der Waals surface area contributed by atoms with Crippen LogP contribution in [0.15, 0.2) is 0 Å². The van der Waals surface area contributed by atoms with Gasteiger partial charge >= 0.3 is 5.97 Å². The maximum absolute atomic E-state index is 12.3. The third-order valence-corrected chi connectivity index (χ3v) is 3.85. The van der Waals surface area contributed by atoms with E-state index in [0.29, 0.717) is 32.4 Å². The van der Waals surface area contributed by atoms with Gasteiger partial charge in [0.05, 0.1) is 6.04 Å². The highest BCUT2D eigenvalue weighted by Gasteiger charge is 2.36. The number of carboxylic acids is 1. The third kappa shape index (κ3) is 4.96. The zero-order valence-corrected chi connectivity index (χ0v) is 13.0. The smallest absolute Gasteiger partial charge is 0.325 e. The molecule has 0 aromatic heterocycles. The Bertz CT molecular complexity index is 416. The first-order chi connectivity index (χ1) is 10.4. The van der Waals surface area contributed by atoms with Crippen LogP contribution in [0.3, 0.4) is 0 Å². The highest BCUT2D eigenvalue weighted by molar-refractivity contribution is 5.92. The summed E-state index contributed by atoms with van der Waals surface area (Å²) >= 11 is 0. The predicted molar refractivity (Wildman–Crippen MR) is 80.9 cm³/mol. The molecule has 1 saturated heterocycles. The summed E-state index contributed by atoms with van der Waals surface area (Å²) in [4.78, 5) is 36.7. The van der Waals surface area contributed by atoms with Gasteiger partial charge in [0, 0.05) is 6.54 Å². The zero-order chi connectivity index (χ0) is 16.7. The van der Waals surface area contributed by atoms with Crippen molar-refractivity contribution in [2.24, 2.45) is 11.5 Å². The Morgan fingerprint density at radius 1 is 1.36 bits per heavy atom. The van der Waals surface area contributed by atoms with Crippen LogP contribution in [0.5, 0.6) is 0 Å². The lowest BCUT2D eigenvalue weighted by molar-refractivity contribution is -0.143. The summed E-state index contributed by atoms with van der Waals surface area (Å²) in [5.41, 5.74) is 11.3. The van der Waals surface area contributed by atoms with E-state index in [-0.39, 0.29) is 5.91 Å². The minimum Gasteiger partial charge on any atom is -0.480 e. The van der Waals surface area contributed by atoms with Gasteiger partial charge in [-0.15, -0.1) is 0 Å². The van der Waals surface area contributed by atoms with Crippen molar-refractivity contribution in [1.82, 2.24) is 10.2 Å². The molecule has 0 aliphatic carbocycles. The Kier molecular flexibility index (Phi) is 7.26. The molecule has 0 aromatic carbocycles. The molecule has 1 rings (SSSR count). The second-order valence-corrected chi connectivity index (χ2v) is 5.65. The minimum absolute atomic E-state index is 0.252. The Labute approximate surface area is 130 Å². The van der Waals surface area contributed by atoms with E-state index in [2.05, 4.69) is 5.32 Å². The Balaban J connectivity index is 2.59. The highest BCUT2D eigenvalue weighted by atomic mass is 16.4. The summed E-state index contributed by atoms with van der Waals surface area (Å²) in [5.74, 6) is -1.80. The van der Waals surface area contributed by atoms with E-state index in [4.69, 9.17) is 16.6 Å². The van der Waals surface area contributed by atoms with Crippen LogP contribution in [-0.4, -0.2) is 59.0 Å². The van der Waals surface area contributed by atoms with Crippen LogP contribution in [0, 0.1) is 0 Å². The van der Waals surface area contributed by atoms with Crippen molar-refractivity contribution in [3.63, 3.8) is 0 Å². The number of unbranched alkanes of at least 4 members (excludes halogenated alkanes) is 1. The number of carbonyl (C=O) groups is 3. The molecule has 3 unspecified atom stereocenters. The van der Waals surface area contributed by atoms with E-state index in [1.165, 1.54) is 11.8 Å². The molecule has 0 saturated carbocycles. The van der Waals surface area contributed by atoms with Gasteiger partial charge in [-0.2, -0.15) is 0 Å². The maximum atomic E-state index is 12.3. The molecule has 3 atom stereocenters. The van der Waals surface area contributed by atoms with E-state index in [1.807, 2.05) is 0 Å². The van der Waals surface area contributed by atoms with Crippen LogP contribution in [0.2, 0.25) is 0 Å². The number of hydrogen-bond acceptors (Lipinski definition) is 5. The zero-order valence-electron chi connectivity index (χ0n) is 13.0. The molecule has 1 aliphatic rings. The summed E-state index contributed by atoms with van der Waals surface area (Å²) in [6, 6.07) is -2.25. The maximum Gasteiger partial charge on any atom is 0.325 e. The van der Waals surface area contributed by atoms with Crippen LogP contribution in [0.25, 0.3) is 0 Å². The van der Waals surface area contributed by atoms with Crippen LogP contribution in [0.4, 0.5) is 0 Å². The standard InChI is InChI=1S/C14H26N4O4/c1-9(14(21)22)17-12(19)11-6-4-8-18(11)13(20)10(16)5-2-3-7-15/h9-11H,2-8,15-16H2,1H3,(H,17,19)(H,21,22). The molecule has 1 heterocycles. The first kappa shape index (κ1) is 18.4. The number of nitrogens with one attached hydrogen (secondary N) is 1. The van der Waals surface area contributed by atoms with E-state index in [9.17, 15) is 14.4 Å². The fourth-order valence-electron chi connectivity index (χ4n) is 2.52. The fraction of sp³-hybridized carbons (Fsp3) is 0.786. The number of nitrogens with zero attached hydrogens (tertiary/aromatic N) is 1. The molecule has 0 spiro atoms. The average molecular weight is 314 g/mol. The number of likely N-dealkylation sites (tertiary alicyclic amines) is 1. The SMILES string of the molecule is CC(NC(=O)C1CCCN1C(=O)C(N)CCCCN)C(=O)O. The van der Waals surface area contributed by atoms with Crippen LogP contribution in [-0.2, 0) is 14.4 Å². The van der Waals surface area contributed by atoms with Gasteiger partial charge in [0.15, 0.2) is 0 Å². The molecule has 0 bridgehead atoms. The number of amides is 2. The number of rotatable bonds is 8. The predicted octanol–water partition coefficient (Wildman–Crippen LogP) is -0.977. The highest BCUT2D eigenvalue weighted by Crippen LogP contribution is 2.19. The van der Waals surface area contributed by atoms with Crippen LogP contribution < -0.4 is 16.8 Å². The lowest BCUT2D eigenvalue weighted by Gasteiger charge is -2.27. The molecule has 6 N–H and O–H groups in total. The average Bonchev–Trinajstić information content (AvgIpc) is 2.95. The number of aliphatic carboxylic acids is 1. The summed E-state index contributed by atoms with van der Waals surface area (Å²) < 4.78 is 0. The number of carbonyl (C=O) groups excluding carboxylic acids is 2. The van der Waals surface area contributed by atoms with Crippen molar-refractivity contribution < 1.29 is 19.5 Å².